The zero-order chi connectivity index (χ0) is 23.4. The summed E-state index contributed by atoms with van der Waals surface area (Å²) >= 11 is 4.77. The Labute approximate surface area is 202 Å². The summed E-state index contributed by atoms with van der Waals surface area (Å²) in [6.07, 6.45) is -0.938. The molecule has 4 rings (SSSR count). The third kappa shape index (κ3) is 5.08. The highest BCUT2D eigenvalue weighted by molar-refractivity contribution is 9.10. The number of ether oxygens (including phenoxy) is 3. The van der Waals surface area contributed by atoms with Crippen molar-refractivity contribution < 1.29 is 19.0 Å². The lowest BCUT2D eigenvalue weighted by Crippen LogP contribution is -2.25. The van der Waals surface area contributed by atoms with Crippen molar-refractivity contribution in [2.45, 2.75) is 6.10 Å². The normalized spacial score (nSPS) is 11.5. The fourth-order valence-electron chi connectivity index (χ4n) is 3.17. The van der Waals surface area contributed by atoms with Crippen molar-refractivity contribution >= 4 is 48.5 Å². The third-order valence-electron chi connectivity index (χ3n) is 4.75. The fourth-order valence-corrected chi connectivity index (χ4v) is 4.46. The molecule has 0 radical (unpaired) electrons. The summed E-state index contributed by atoms with van der Waals surface area (Å²) in [7, 11) is 3.12. The van der Waals surface area contributed by atoms with Crippen LogP contribution in [0.25, 0.3) is 10.2 Å². The Morgan fingerprint density at radius 1 is 1.09 bits per heavy atom. The van der Waals surface area contributed by atoms with E-state index < -0.39 is 6.10 Å². The number of carbonyl (C=O) groups is 1. The predicted octanol–water partition coefficient (Wildman–Crippen LogP) is 5.71. The van der Waals surface area contributed by atoms with Crippen molar-refractivity contribution in [3.05, 3.63) is 76.3 Å². The molecule has 0 spiro atoms. The Kier molecular flexibility index (Phi) is 6.77. The zero-order valence-corrected chi connectivity index (χ0v) is 20.1. The van der Waals surface area contributed by atoms with Gasteiger partial charge in [-0.2, -0.15) is 5.26 Å². The van der Waals surface area contributed by atoms with Crippen LogP contribution >= 0.6 is 27.3 Å². The van der Waals surface area contributed by atoms with Crippen LogP contribution in [0.5, 0.6) is 17.2 Å². The Morgan fingerprint density at radius 2 is 1.82 bits per heavy atom. The number of aromatic nitrogens is 1. The molecule has 9 heteroatoms. The van der Waals surface area contributed by atoms with Crippen molar-refractivity contribution in [2.75, 3.05) is 19.5 Å². The lowest BCUT2D eigenvalue weighted by atomic mass is 10.1. The van der Waals surface area contributed by atoms with Gasteiger partial charge >= 0.3 is 0 Å². The first-order valence-corrected chi connectivity index (χ1v) is 11.4. The van der Waals surface area contributed by atoms with E-state index in [0.717, 1.165) is 9.17 Å². The lowest BCUT2D eigenvalue weighted by molar-refractivity contribution is -0.123. The molecule has 0 bridgehead atoms. The molecule has 1 heterocycles. The minimum atomic E-state index is -0.938. The summed E-state index contributed by atoms with van der Waals surface area (Å²) in [5, 5.41) is 12.3. The van der Waals surface area contributed by atoms with Crippen molar-refractivity contribution in [2.24, 2.45) is 0 Å². The largest absolute Gasteiger partial charge is 0.493 e. The second kappa shape index (κ2) is 9.90. The number of nitrogens with zero attached hydrogens (tertiary/aromatic N) is 2. The van der Waals surface area contributed by atoms with Gasteiger partial charge in [0.1, 0.15) is 5.75 Å². The van der Waals surface area contributed by atoms with E-state index in [2.05, 4.69) is 32.3 Å². The summed E-state index contributed by atoms with van der Waals surface area (Å²) in [6.45, 7) is 0. The van der Waals surface area contributed by atoms with Gasteiger partial charge in [-0.3, -0.25) is 10.1 Å². The maximum absolute atomic E-state index is 13.3. The first-order valence-electron chi connectivity index (χ1n) is 9.76. The molecule has 1 N–H and O–H groups in total. The third-order valence-corrected chi connectivity index (χ3v) is 6.18. The second-order valence-electron chi connectivity index (χ2n) is 6.87. The summed E-state index contributed by atoms with van der Waals surface area (Å²) in [6, 6.07) is 19.6. The number of rotatable bonds is 7. The van der Waals surface area contributed by atoms with E-state index in [9.17, 15) is 4.79 Å². The number of nitriles is 1. The number of amides is 1. The maximum Gasteiger partial charge on any atom is 0.271 e. The average molecular weight is 524 g/mol. The van der Waals surface area contributed by atoms with Gasteiger partial charge in [-0.25, -0.2) is 4.98 Å². The van der Waals surface area contributed by atoms with E-state index >= 15 is 0 Å². The monoisotopic (exact) mass is 523 g/mol. The molecule has 1 amide bonds. The Morgan fingerprint density at radius 3 is 2.48 bits per heavy atom. The van der Waals surface area contributed by atoms with Gasteiger partial charge < -0.3 is 14.2 Å². The zero-order valence-electron chi connectivity index (χ0n) is 17.7. The molecule has 1 unspecified atom stereocenters. The molecule has 166 valence electrons. The molecule has 0 fully saturated rings. The highest BCUT2D eigenvalue weighted by Gasteiger charge is 2.25. The molecule has 4 aromatic rings. The number of benzene rings is 3. The topological polar surface area (TPSA) is 93.5 Å². The van der Waals surface area contributed by atoms with E-state index in [-0.39, 0.29) is 5.91 Å². The lowest BCUT2D eigenvalue weighted by Gasteiger charge is -2.19. The maximum atomic E-state index is 13.3. The number of fused-ring (bicyclic) bond motifs is 1. The second-order valence-corrected chi connectivity index (χ2v) is 8.82. The molecule has 1 aromatic heterocycles. The van der Waals surface area contributed by atoms with Gasteiger partial charge in [0.15, 0.2) is 16.6 Å². The van der Waals surface area contributed by atoms with Crippen LogP contribution in [0.1, 0.15) is 17.2 Å². The molecular formula is C24H18BrN3O4S. The molecule has 33 heavy (non-hydrogen) atoms. The number of carbonyl (C=O) groups excluding carboxylic acids is 1. The Hall–Kier alpha value is -3.61. The molecule has 0 saturated heterocycles. The molecule has 1 atom stereocenters. The number of nitrogens with one attached hydrogen (secondary N) is 1. The van der Waals surface area contributed by atoms with E-state index in [1.165, 1.54) is 11.3 Å². The van der Waals surface area contributed by atoms with Crippen molar-refractivity contribution in [1.82, 2.24) is 4.98 Å². The highest BCUT2D eigenvalue weighted by atomic mass is 79.9. The molecule has 3 aromatic carbocycles. The minimum Gasteiger partial charge on any atom is -0.493 e. The highest BCUT2D eigenvalue weighted by Crippen LogP contribution is 2.36. The van der Waals surface area contributed by atoms with E-state index in [4.69, 9.17) is 19.5 Å². The number of hydrogen-bond donors (Lipinski definition) is 1. The van der Waals surface area contributed by atoms with Crippen LogP contribution < -0.4 is 19.5 Å². The summed E-state index contributed by atoms with van der Waals surface area (Å²) in [4.78, 5) is 17.8. The van der Waals surface area contributed by atoms with Crippen LogP contribution in [0.3, 0.4) is 0 Å². The quantitative estimate of drug-likeness (QED) is 0.333. The molecule has 0 aliphatic carbocycles. The van der Waals surface area contributed by atoms with E-state index in [0.29, 0.717) is 39.0 Å². The van der Waals surface area contributed by atoms with Crippen LogP contribution in [0.15, 0.2) is 65.1 Å². The summed E-state index contributed by atoms with van der Waals surface area (Å²) in [5.41, 5.74) is 1.85. The Balaban J connectivity index is 1.63. The van der Waals surface area contributed by atoms with Crippen LogP contribution in [0.4, 0.5) is 5.13 Å². The molecule has 0 aliphatic rings. The van der Waals surface area contributed by atoms with Gasteiger partial charge in [0.05, 0.1) is 36.1 Å². The molecule has 7 nitrogen and oxygen atoms in total. The number of hydrogen-bond acceptors (Lipinski definition) is 7. The van der Waals surface area contributed by atoms with Crippen LogP contribution in [-0.2, 0) is 4.79 Å². The van der Waals surface area contributed by atoms with Gasteiger partial charge in [0, 0.05) is 22.2 Å². The van der Waals surface area contributed by atoms with Gasteiger partial charge in [-0.1, -0.05) is 39.4 Å². The molecular weight excluding hydrogens is 506 g/mol. The summed E-state index contributed by atoms with van der Waals surface area (Å²) in [5.74, 6) is 1.23. The number of halogens is 1. The van der Waals surface area contributed by atoms with Gasteiger partial charge in [-0.05, 0) is 36.4 Å². The van der Waals surface area contributed by atoms with Gasteiger partial charge in [0.2, 0.25) is 6.10 Å². The van der Waals surface area contributed by atoms with E-state index in [1.807, 2.05) is 30.3 Å². The van der Waals surface area contributed by atoms with Crippen molar-refractivity contribution in [1.29, 1.82) is 5.26 Å². The predicted molar refractivity (Wildman–Crippen MR) is 130 cm³/mol. The fraction of sp³-hybridized carbons (Fsp3) is 0.125. The number of thiazole rings is 1. The molecule has 0 aliphatic heterocycles. The summed E-state index contributed by atoms with van der Waals surface area (Å²) < 4.78 is 18.4. The SMILES string of the molecule is COc1cc2nc(NC(=O)C(Oc3ccc(C#N)cc3)c3cccc(Br)c3)sc2cc1OC. The number of anilines is 1. The van der Waals surface area contributed by atoms with Crippen LogP contribution in [0.2, 0.25) is 0 Å². The van der Waals surface area contributed by atoms with Crippen molar-refractivity contribution in [3.8, 4) is 23.3 Å². The smallest absolute Gasteiger partial charge is 0.271 e. The minimum absolute atomic E-state index is 0.379. The van der Waals surface area contributed by atoms with Gasteiger partial charge in [0.25, 0.3) is 5.91 Å². The average Bonchev–Trinajstić information content (AvgIpc) is 3.22. The first kappa shape index (κ1) is 22.6. The first-order chi connectivity index (χ1) is 16.0. The standard InChI is InChI=1S/C24H18BrN3O4S/c1-30-19-11-18-21(12-20(19)31-2)33-24(27-18)28-23(29)22(15-4-3-5-16(25)10-15)32-17-8-6-14(13-26)7-9-17/h3-12,22H,1-2H3,(H,27,28,29). The van der Waals surface area contributed by atoms with Crippen LogP contribution in [0, 0.1) is 11.3 Å². The molecule has 0 saturated carbocycles. The number of methoxy groups -OCH3 is 2. The Bertz CT molecular complexity index is 1310. The van der Waals surface area contributed by atoms with Crippen molar-refractivity contribution in [3.63, 3.8) is 0 Å². The van der Waals surface area contributed by atoms with Gasteiger partial charge in [-0.15, -0.1) is 0 Å². The van der Waals surface area contributed by atoms with Crippen LogP contribution in [-0.4, -0.2) is 25.1 Å². The van der Waals surface area contributed by atoms with E-state index in [1.54, 1.807) is 44.6 Å².